The number of oxazole rings is 1. The van der Waals surface area contributed by atoms with Crippen LogP contribution in [0.1, 0.15) is 28.1 Å². The average Bonchev–Trinajstić information content (AvgIpc) is 3.42. The molecule has 4 nitrogen and oxygen atoms in total. The van der Waals surface area contributed by atoms with Crippen molar-refractivity contribution in [1.29, 1.82) is 5.41 Å². The Labute approximate surface area is 220 Å². The summed E-state index contributed by atoms with van der Waals surface area (Å²) in [7, 11) is 0. The lowest BCUT2D eigenvalue weighted by molar-refractivity contribution is 0.590. The molecular weight excluding hydrogens is 466 g/mol. The SMILES string of the molecule is N=C(/C(=C1\NC(c2ccccc2)=Cc2ccccc21)c1ccc2ccccc2c1)c1nc2ccccc2o1. The number of aromatic nitrogens is 1. The third kappa shape index (κ3) is 3.80. The van der Waals surface area contributed by atoms with Gasteiger partial charge in [-0.3, -0.25) is 5.41 Å². The Hall–Kier alpha value is -5.22. The van der Waals surface area contributed by atoms with Crippen molar-refractivity contribution in [3.05, 3.63) is 149 Å². The molecule has 5 aromatic carbocycles. The summed E-state index contributed by atoms with van der Waals surface area (Å²) in [4.78, 5) is 4.68. The van der Waals surface area contributed by atoms with Crippen LogP contribution < -0.4 is 5.32 Å². The molecule has 0 aliphatic carbocycles. The van der Waals surface area contributed by atoms with Crippen LogP contribution in [0.2, 0.25) is 0 Å². The van der Waals surface area contributed by atoms with Gasteiger partial charge in [-0.2, -0.15) is 0 Å². The van der Waals surface area contributed by atoms with Crippen LogP contribution in [0.15, 0.2) is 126 Å². The molecule has 2 heterocycles. The zero-order chi connectivity index (χ0) is 25.5. The van der Waals surface area contributed by atoms with Gasteiger partial charge in [-0.15, -0.1) is 0 Å². The van der Waals surface area contributed by atoms with Gasteiger partial charge in [0.05, 0.1) is 5.70 Å². The minimum atomic E-state index is 0.225. The van der Waals surface area contributed by atoms with Crippen molar-refractivity contribution in [3.8, 4) is 0 Å². The van der Waals surface area contributed by atoms with E-state index in [-0.39, 0.29) is 11.6 Å². The normalized spacial score (nSPS) is 14.1. The number of allylic oxidation sites excluding steroid dienone is 1. The topological polar surface area (TPSA) is 61.9 Å². The molecule has 0 amide bonds. The van der Waals surface area contributed by atoms with E-state index in [0.717, 1.165) is 55.5 Å². The first-order valence-corrected chi connectivity index (χ1v) is 12.6. The first-order chi connectivity index (χ1) is 18.7. The van der Waals surface area contributed by atoms with Gasteiger partial charge in [-0.1, -0.05) is 103 Å². The first-order valence-electron chi connectivity index (χ1n) is 12.6. The molecule has 0 radical (unpaired) electrons. The van der Waals surface area contributed by atoms with Crippen LogP contribution in [0.25, 0.3) is 44.9 Å². The maximum atomic E-state index is 9.44. The van der Waals surface area contributed by atoms with Crippen LogP contribution in [-0.4, -0.2) is 10.7 Å². The van der Waals surface area contributed by atoms with Crippen LogP contribution in [0.3, 0.4) is 0 Å². The van der Waals surface area contributed by atoms with Gasteiger partial charge in [-0.25, -0.2) is 4.98 Å². The molecule has 0 saturated carbocycles. The zero-order valence-corrected chi connectivity index (χ0v) is 20.5. The third-order valence-corrected chi connectivity index (χ3v) is 6.92. The fraction of sp³-hybridized carbons (Fsp3) is 0. The Morgan fingerprint density at radius 1 is 0.711 bits per heavy atom. The van der Waals surface area contributed by atoms with Crippen molar-refractivity contribution in [2.24, 2.45) is 0 Å². The number of rotatable bonds is 4. The second-order valence-corrected chi connectivity index (χ2v) is 9.31. The smallest absolute Gasteiger partial charge is 0.246 e. The molecular formula is C34H23N3O. The number of fused-ring (bicyclic) bond motifs is 3. The first kappa shape index (κ1) is 22.0. The molecule has 2 N–H and O–H groups in total. The second-order valence-electron chi connectivity index (χ2n) is 9.31. The molecule has 0 atom stereocenters. The summed E-state index contributed by atoms with van der Waals surface area (Å²) in [6, 6.07) is 40.8. The number of hydrogen-bond acceptors (Lipinski definition) is 4. The van der Waals surface area contributed by atoms with Crippen molar-refractivity contribution in [2.75, 3.05) is 0 Å². The Kier molecular flexibility index (Phi) is 5.22. The van der Waals surface area contributed by atoms with Crippen LogP contribution in [0.5, 0.6) is 0 Å². The molecule has 1 aromatic heterocycles. The predicted molar refractivity (Wildman–Crippen MR) is 155 cm³/mol. The van der Waals surface area contributed by atoms with Crippen LogP contribution in [0.4, 0.5) is 0 Å². The highest BCUT2D eigenvalue weighted by atomic mass is 16.3. The van der Waals surface area contributed by atoms with Crippen molar-refractivity contribution < 1.29 is 4.42 Å². The van der Waals surface area contributed by atoms with Gasteiger partial charge in [0.2, 0.25) is 5.89 Å². The highest BCUT2D eigenvalue weighted by molar-refractivity contribution is 6.35. The largest absolute Gasteiger partial charge is 0.435 e. The maximum Gasteiger partial charge on any atom is 0.246 e. The molecule has 38 heavy (non-hydrogen) atoms. The van der Waals surface area contributed by atoms with Crippen molar-refractivity contribution in [1.82, 2.24) is 10.3 Å². The summed E-state index contributed by atoms with van der Waals surface area (Å²) in [5.41, 5.74) is 8.29. The number of para-hydroxylation sites is 2. The molecule has 0 saturated heterocycles. The highest BCUT2D eigenvalue weighted by Gasteiger charge is 2.26. The van der Waals surface area contributed by atoms with Crippen molar-refractivity contribution in [3.63, 3.8) is 0 Å². The molecule has 0 bridgehead atoms. The minimum absolute atomic E-state index is 0.225. The van der Waals surface area contributed by atoms with Gasteiger partial charge in [-0.05, 0) is 51.7 Å². The summed E-state index contributed by atoms with van der Waals surface area (Å²) < 4.78 is 6.10. The van der Waals surface area contributed by atoms with E-state index in [9.17, 15) is 5.41 Å². The second kappa shape index (κ2) is 9.02. The highest BCUT2D eigenvalue weighted by Crippen LogP contribution is 2.37. The van der Waals surface area contributed by atoms with E-state index in [1.54, 1.807) is 0 Å². The molecule has 0 spiro atoms. The van der Waals surface area contributed by atoms with Crippen molar-refractivity contribution >= 4 is 50.6 Å². The molecule has 7 rings (SSSR count). The fourth-order valence-electron chi connectivity index (χ4n) is 5.06. The number of nitrogens with zero attached hydrogens (tertiary/aromatic N) is 1. The van der Waals surface area contributed by atoms with E-state index in [0.29, 0.717) is 5.58 Å². The lowest BCUT2D eigenvalue weighted by Crippen LogP contribution is -2.20. The predicted octanol–water partition coefficient (Wildman–Crippen LogP) is 8.02. The summed E-state index contributed by atoms with van der Waals surface area (Å²) in [5.74, 6) is 0.289. The van der Waals surface area contributed by atoms with E-state index in [1.807, 2.05) is 66.7 Å². The van der Waals surface area contributed by atoms with E-state index >= 15 is 0 Å². The van der Waals surface area contributed by atoms with Gasteiger partial charge in [0, 0.05) is 16.8 Å². The number of nitrogens with one attached hydrogen (secondary N) is 2. The van der Waals surface area contributed by atoms with Crippen LogP contribution in [-0.2, 0) is 0 Å². The van der Waals surface area contributed by atoms with Gasteiger partial charge < -0.3 is 9.73 Å². The van der Waals surface area contributed by atoms with Gasteiger partial charge in [0.15, 0.2) is 5.58 Å². The average molecular weight is 490 g/mol. The summed E-state index contributed by atoms with van der Waals surface area (Å²) >= 11 is 0. The lowest BCUT2D eigenvalue weighted by atomic mass is 9.89. The quantitative estimate of drug-likeness (QED) is 0.247. The standard InChI is InChI=1S/C34H23N3O/c35-32(34-37-28-16-8-9-17-30(28)38-34)31(26-19-18-22-10-4-5-13-24(22)20-26)33-27-15-7-6-14-25(27)21-29(36-33)23-11-2-1-3-12-23/h1-21,35-36H/b33-31-,35-32?. The fourth-order valence-corrected chi connectivity index (χ4v) is 5.06. The summed E-state index contributed by atoms with van der Waals surface area (Å²) in [6.45, 7) is 0. The third-order valence-electron chi connectivity index (χ3n) is 6.92. The van der Waals surface area contributed by atoms with Gasteiger partial charge >= 0.3 is 0 Å². The Morgan fingerprint density at radius 2 is 1.45 bits per heavy atom. The molecule has 1 aliphatic heterocycles. The van der Waals surface area contributed by atoms with E-state index in [1.165, 1.54) is 0 Å². The molecule has 0 unspecified atom stereocenters. The number of hydrogen-bond donors (Lipinski definition) is 2. The monoisotopic (exact) mass is 489 g/mol. The molecule has 4 heteroatoms. The Balaban J connectivity index is 1.49. The van der Waals surface area contributed by atoms with E-state index in [4.69, 9.17) is 4.42 Å². The Morgan fingerprint density at radius 3 is 2.32 bits per heavy atom. The van der Waals surface area contributed by atoms with Gasteiger partial charge in [0.1, 0.15) is 11.2 Å². The van der Waals surface area contributed by atoms with E-state index in [2.05, 4.69) is 71.0 Å². The lowest BCUT2D eigenvalue weighted by Gasteiger charge is -2.25. The summed E-state index contributed by atoms with van der Waals surface area (Å²) in [6.07, 6.45) is 2.16. The van der Waals surface area contributed by atoms with E-state index < -0.39 is 0 Å². The van der Waals surface area contributed by atoms with Gasteiger partial charge in [0.25, 0.3) is 0 Å². The van der Waals surface area contributed by atoms with Crippen LogP contribution in [0, 0.1) is 5.41 Å². The minimum Gasteiger partial charge on any atom is -0.435 e. The van der Waals surface area contributed by atoms with Crippen LogP contribution >= 0.6 is 0 Å². The molecule has 1 aliphatic rings. The Bertz CT molecular complexity index is 1880. The molecule has 0 fully saturated rings. The maximum absolute atomic E-state index is 9.44. The molecule has 6 aromatic rings. The number of benzene rings is 5. The molecule has 180 valence electrons. The van der Waals surface area contributed by atoms with Crippen molar-refractivity contribution in [2.45, 2.75) is 0 Å². The zero-order valence-electron chi connectivity index (χ0n) is 20.5. The summed E-state index contributed by atoms with van der Waals surface area (Å²) in [5, 5.41) is 15.4.